The third kappa shape index (κ3) is 4.49. The van der Waals surface area contributed by atoms with Gasteiger partial charge < -0.3 is 4.52 Å². The van der Waals surface area contributed by atoms with Crippen molar-refractivity contribution in [2.45, 2.75) is 78.6 Å². The van der Waals surface area contributed by atoms with E-state index in [2.05, 4.69) is 74.4 Å². The third-order valence-corrected chi connectivity index (χ3v) is 3.92. The molecular formula is C18H34BOP. The van der Waals surface area contributed by atoms with Crippen molar-refractivity contribution in [1.29, 1.82) is 0 Å². The molecule has 1 atom stereocenters. The lowest BCUT2D eigenvalue weighted by Crippen LogP contribution is -2.22. The Morgan fingerprint density at radius 2 is 1.14 bits per heavy atom. The Hall–Kier alpha value is -0.485. The van der Waals surface area contributed by atoms with E-state index in [0.29, 0.717) is 7.57 Å². The second-order valence-corrected chi connectivity index (χ2v) is 9.00. The van der Waals surface area contributed by atoms with E-state index < -0.39 is 0 Å². The average molecular weight is 308 g/mol. The van der Waals surface area contributed by atoms with Crippen LogP contribution in [0, 0.1) is 0 Å². The largest absolute Gasteiger partial charge is 0.402 e. The van der Waals surface area contributed by atoms with Gasteiger partial charge in [0.05, 0.1) is 0 Å². The van der Waals surface area contributed by atoms with Crippen LogP contribution in [0.15, 0.2) is 12.1 Å². The highest BCUT2D eigenvalue weighted by molar-refractivity contribution is 7.62. The lowest BCUT2D eigenvalue weighted by Gasteiger charge is -2.32. The molecule has 0 heterocycles. The molecule has 0 bridgehead atoms. The molecule has 3 heteroatoms. The summed E-state index contributed by atoms with van der Waals surface area (Å²) in [7, 11) is 0.579. The molecule has 0 spiro atoms. The van der Waals surface area contributed by atoms with Crippen LogP contribution in [0.2, 0.25) is 0 Å². The highest BCUT2D eigenvalue weighted by Crippen LogP contribution is 2.44. The summed E-state index contributed by atoms with van der Waals surface area (Å²) in [6, 6.07) is 4.78. The molecule has 0 N–H and O–H groups in total. The minimum Gasteiger partial charge on any atom is -0.402 e. The maximum absolute atomic E-state index is 6.28. The van der Waals surface area contributed by atoms with Gasteiger partial charge in [-0.25, -0.2) is 0 Å². The number of hydrogen-bond donors (Lipinski definition) is 0. The van der Waals surface area contributed by atoms with Crippen LogP contribution < -0.4 is 4.52 Å². The molecule has 1 aromatic rings. The van der Waals surface area contributed by atoms with E-state index >= 15 is 0 Å². The predicted octanol–water partition coefficient (Wildman–Crippen LogP) is 4.56. The van der Waals surface area contributed by atoms with Crippen LogP contribution in [0.4, 0.5) is 0 Å². The second-order valence-electron chi connectivity index (χ2n) is 8.77. The van der Waals surface area contributed by atoms with Crippen molar-refractivity contribution >= 4 is 16.3 Å². The first-order valence-electron chi connectivity index (χ1n) is 7.34. The third-order valence-electron chi connectivity index (χ3n) is 3.69. The van der Waals surface area contributed by atoms with Gasteiger partial charge in [-0.1, -0.05) is 74.4 Å². The number of benzene rings is 1. The van der Waals surface area contributed by atoms with Crippen molar-refractivity contribution in [3.05, 3.63) is 28.8 Å². The Kier molecular flexibility index (Phi) is 5.26. The van der Waals surface area contributed by atoms with Gasteiger partial charge in [-0.2, -0.15) is 0 Å². The molecule has 0 fully saturated rings. The molecule has 0 saturated heterocycles. The van der Waals surface area contributed by atoms with E-state index in [1.165, 1.54) is 22.4 Å². The summed E-state index contributed by atoms with van der Waals surface area (Å²) in [4.78, 5) is 0. The summed E-state index contributed by atoms with van der Waals surface area (Å²) in [6.07, 6.45) is 0. The van der Waals surface area contributed by atoms with Crippen LogP contribution in [0.1, 0.15) is 79.0 Å². The van der Waals surface area contributed by atoms with Crippen molar-refractivity contribution in [1.82, 2.24) is 0 Å². The molecule has 0 saturated carbocycles. The summed E-state index contributed by atoms with van der Waals surface area (Å²) < 4.78 is 6.28. The standard InChI is InChI=1S/C18H34BOP/c1-16(2,3)12-10-13(17(4,5)6)15(20-21-19)14(11-12)18(7,8)9/h10-11H,21H2,1-9,19H3. The van der Waals surface area contributed by atoms with Crippen molar-refractivity contribution in [2.75, 3.05) is 0 Å². The van der Waals surface area contributed by atoms with Gasteiger partial charge in [-0.3, -0.25) is 0 Å². The van der Waals surface area contributed by atoms with Gasteiger partial charge in [0.1, 0.15) is 0 Å². The Balaban J connectivity index is 3.75. The summed E-state index contributed by atoms with van der Waals surface area (Å²) in [6.45, 7) is 20.7. The smallest absolute Gasteiger partial charge is 0.173 e. The topological polar surface area (TPSA) is 9.23 Å². The molecule has 1 rings (SSSR count). The maximum Gasteiger partial charge on any atom is 0.173 e. The molecule has 0 aliphatic rings. The van der Waals surface area contributed by atoms with Crippen molar-refractivity contribution in [3.8, 4) is 5.75 Å². The summed E-state index contributed by atoms with van der Waals surface area (Å²) in [5, 5.41) is 0. The van der Waals surface area contributed by atoms with Gasteiger partial charge in [0.2, 0.25) is 0 Å². The summed E-state index contributed by atoms with van der Waals surface area (Å²) >= 11 is 0. The minimum absolute atomic E-state index is 0.116. The monoisotopic (exact) mass is 308 g/mol. The molecule has 0 aromatic heterocycles. The highest BCUT2D eigenvalue weighted by atomic mass is 31.1. The van der Waals surface area contributed by atoms with Gasteiger partial charge in [-0.05, 0) is 30.5 Å². The average Bonchev–Trinajstić information content (AvgIpc) is 2.24. The molecule has 120 valence electrons. The molecule has 1 nitrogen and oxygen atoms in total. The summed E-state index contributed by atoms with van der Waals surface area (Å²) in [5.41, 5.74) is 4.58. The van der Waals surface area contributed by atoms with Crippen LogP contribution in [0.5, 0.6) is 5.75 Å². The first-order chi connectivity index (χ1) is 9.28. The molecule has 0 aliphatic heterocycles. The molecule has 1 aromatic carbocycles. The SMILES string of the molecule is [BH3-][PH2+]Oc1c(C(C)(C)C)cc(C(C)(C)C)cc1C(C)(C)C. The maximum atomic E-state index is 6.28. The quantitative estimate of drug-likeness (QED) is 0.575. The van der Waals surface area contributed by atoms with Gasteiger partial charge in [0, 0.05) is 11.1 Å². The van der Waals surface area contributed by atoms with Crippen molar-refractivity contribution < 1.29 is 4.52 Å². The molecule has 0 amide bonds. The Labute approximate surface area is 134 Å². The van der Waals surface area contributed by atoms with E-state index in [1.54, 1.807) is 0 Å². The summed E-state index contributed by atoms with van der Waals surface area (Å²) in [5.74, 6) is 1.19. The van der Waals surface area contributed by atoms with E-state index in [4.69, 9.17) is 4.52 Å². The zero-order valence-electron chi connectivity index (χ0n) is 14.6. The van der Waals surface area contributed by atoms with Crippen LogP contribution in [0.25, 0.3) is 0 Å². The first kappa shape index (κ1) is 18.6. The molecule has 21 heavy (non-hydrogen) atoms. The Bertz CT molecular complexity index is 466. The van der Waals surface area contributed by atoms with Crippen LogP contribution in [-0.4, -0.2) is 7.57 Å². The van der Waals surface area contributed by atoms with E-state index in [1.807, 2.05) is 0 Å². The fourth-order valence-electron chi connectivity index (χ4n) is 2.30. The van der Waals surface area contributed by atoms with Gasteiger partial charge >= 0.3 is 0 Å². The van der Waals surface area contributed by atoms with Crippen molar-refractivity contribution in [3.63, 3.8) is 0 Å². The lowest BCUT2D eigenvalue weighted by molar-refractivity contribution is 0.500. The normalized spacial score (nSPS) is 14.0. The second kappa shape index (κ2) is 5.96. The molecule has 0 radical (unpaired) electrons. The number of hydrogen-bond acceptors (Lipinski definition) is 1. The zero-order chi connectivity index (χ0) is 16.6. The Morgan fingerprint density at radius 3 is 1.38 bits per heavy atom. The zero-order valence-corrected chi connectivity index (χ0v) is 15.8. The molecular weight excluding hydrogens is 274 g/mol. The van der Waals surface area contributed by atoms with Crippen LogP contribution in [0.3, 0.4) is 0 Å². The predicted molar refractivity (Wildman–Crippen MR) is 103 cm³/mol. The first-order valence-corrected chi connectivity index (χ1v) is 7.82. The van der Waals surface area contributed by atoms with Gasteiger partial charge in [0.25, 0.3) is 0 Å². The number of rotatable bonds is 2. The molecule has 0 aliphatic carbocycles. The van der Waals surface area contributed by atoms with E-state index in [9.17, 15) is 0 Å². The Morgan fingerprint density at radius 1 is 0.762 bits per heavy atom. The fourth-order valence-corrected chi connectivity index (χ4v) is 2.56. The highest BCUT2D eigenvalue weighted by Gasteiger charge is 2.30. The lowest BCUT2D eigenvalue weighted by atomic mass is 9.75. The van der Waals surface area contributed by atoms with Crippen LogP contribution in [-0.2, 0) is 16.2 Å². The van der Waals surface area contributed by atoms with Crippen molar-refractivity contribution in [2.24, 2.45) is 0 Å². The van der Waals surface area contributed by atoms with Gasteiger partial charge in [-0.15, -0.1) is 0 Å². The van der Waals surface area contributed by atoms with Crippen LogP contribution >= 0.6 is 8.69 Å². The molecule has 1 unspecified atom stereocenters. The minimum atomic E-state index is 0.116. The van der Waals surface area contributed by atoms with E-state index in [0.717, 1.165) is 0 Å². The van der Waals surface area contributed by atoms with Gasteiger partial charge in [0.15, 0.2) is 13.3 Å². The van der Waals surface area contributed by atoms with E-state index in [-0.39, 0.29) is 24.9 Å². The fraction of sp³-hybridized carbons (Fsp3) is 0.667.